The van der Waals surface area contributed by atoms with Crippen molar-refractivity contribution >= 4 is 10.8 Å². The fourth-order valence-corrected chi connectivity index (χ4v) is 1.33. The van der Waals surface area contributed by atoms with Crippen LogP contribution >= 0.6 is 0 Å². The van der Waals surface area contributed by atoms with Gasteiger partial charge in [-0.3, -0.25) is 4.21 Å². The van der Waals surface area contributed by atoms with Crippen LogP contribution in [0.4, 0.5) is 0 Å². The molecule has 0 saturated heterocycles. The third-order valence-corrected chi connectivity index (χ3v) is 2.29. The first kappa shape index (κ1) is 8.27. The predicted octanol–water partition coefficient (Wildman–Crippen LogP) is 1.43. The smallest absolute Gasteiger partial charge is 0.120 e. The minimum atomic E-state index is -0.921. The molecule has 60 valence electrons. The monoisotopic (exact) mass is 170 g/mol. The molecule has 0 aromatic heterocycles. The molecule has 2 nitrogen and oxygen atoms in total. The summed E-state index contributed by atoms with van der Waals surface area (Å²) in [5.74, 6) is 0.748. The quantitative estimate of drug-likeness (QED) is 0.671. The highest BCUT2D eigenvalue weighted by molar-refractivity contribution is 7.84. The third-order valence-electron chi connectivity index (χ3n) is 1.37. The fraction of sp³-hybridized carbons (Fsp3) is 0.250. The van der Waals surface area contributed by atoms with Gasteiger partial charge in [-0.25, -0.2) is 0 Å². The lowest BCUT2D eigenvalue weighted by atomic mass is 10.3. The number of rotatable bonds is 2. The van der Waals surface area contributed by atoms with E-state index in [4.69, 9.17) is 4.74 Å². The maximum atomic E-state index is 11.0. The summed E-state index contributed by atoms with van der Waals surface area (Å²) in [5, 5.41) is 0. The maximum absolute atomic E-state index is 11.0. The second-order valence-electron chi connectivity index (χ2n) is 2.13. The second kappa shape index (κ2) is 3.53. The number of benzene rings is 1. The maximum Gasteiger partial charge on any atom is 0.120 e. The van der Waals surface area contributed by atoms with Crippen LogP contribution in [0.15, 0.2) is 29.2 Å². The summed E-state index contributed by atoms with van der Waals surface area (Å²) in [6, 6.07) is 7.25. The van der Waals surface area contributed by atoms with E-state index >= 15 is 0 Å². The van der Waals surface area contributed by atoms with Crippen molar-refractivity contribution in [2.75, 3.05) is 13.4 Å². The van der Waals surface area contributed by atoms with Gasteiger partial charge >= 0.3 is 0 Å². The van der Waals surface area contributed by atoms with Crippen LogP contribution in [0.2, 0.25) is 0 Å². The summed E-state index contributed by atoms with van der Waals surface area (Å²) < 4.78 is 15.9. The standard InChI is InChI=1S/C8H10O2S/c1-10-7-4-3-5-8(6-7)11(2)9/h3-6H,1-2H3/t11-/m0/s1. The van der Waals surface area contributed by atoms with Gasteiger partial charge in [0.15, 0.2) is 0 Å². The lowest BCUT2D eigenvalue weighted by molar-refractivity contribution is 0.413. The van der Waals surface area contributed by atoms with Gasteiger partial charge in [0.05, 0.1) is 7.11 Å². The molecule has 0 spiro atoms. The Kier molecular flexibility index (Phi) is 2.65. The van der Waals surface area contributed by atoms with Gasteiger partial charge < -0.3 is 4.74 Å². The van der Waals surface area contributed by atoms with Gasteiger partial charge in [-0.05, 0) is 18.2 Å². The molecule has 0 N–H and O–H groups in total. The van der Waals surface area contributed by atoms with E-state index in [1.807, 2.05) is 18.2 Å². The highest BCUT2D eigenvalue weighted by Gasteiger charge is 1.97. The van der Waals surface area contributed by atoms with Crippen molar-refractivity contribution < 1.29 is 8.95 Å². The molecular weight excluding hydrogens is 160 g/mol. The molecule has 0 radical (unpaired) electrons. The average molecular weight is 170 g/mol. The molecule has 11 heavy (non-hydrogen) atoms. The van der Waals surface area contributed by atoms with Gasteiger partial charge in [0.1, 0.15) is 5.75 Å². The molecule has 0 bridgehead atoms. The Balaban J connectivity index is 3.01. The molecule has 0 heterocycles. The van der Waals surface area contributed by atoms with E-state index in [0.717, 1.165) is 10.6 Å². The minimum Gasteiger partial charge on any atom is -0.497 e. The first-order chi connectivity index (χ1) is 5.24. The van der Waals surface area contributed by atoms with Crippen LogP contribution in [0, 0.1) is 0 Å². The molecule has 3 heteroatoms. The van der Waals surface area contributed by atoms with Crippen LogP contribution in [0.1, 0.15) is 0 Å². The number of hydrogen-bond donors (Lipinski definition) is 0. The summed E-state index contributed by atoms with van der Waals surface area (Å²) in [7, 11) is 0.674. The summed E-state index contributed by atoms with van der Waals surface area (Å²) in [5.41, 5.74) is 0. The summed E-state index contributed by atoms with van der Waals surface area (Å²) in [6.07, 6.45) is 1.65. The Morgan fingerprint density at radius 1 is 1.45 bits per heavy atom. The zero-order valence-electron chi connectivity index (χ0n) is 6.53. The zero-order valence-corrected chi connectivity index (χ0v) is 7.35. The lowest BCUT2D eigenvalue weighted by Crippen LogP contribution is -1.88. The molecule has 1 aromatic rings. The number of ether oxygens (including phenoxy) is 1. The van der Waals surface area contributed by atoms with E-state index in [0.29, 0.717) is 0 Å². The largest absolute Gasteiger partial charge is 0.497 e. The normalized spacial score (nSPS) is 12.5. The highest BCUT2D eigenvalue weighted by Crippen LogP contribution is 2.14. The number of hydrogen-bond acceptors (Lipinski definition) is 2. The summed E-state index contributed by atoms with van der Waals surface area (Å²) >= 11 is 0. The highest BCUT2D eigenvalue weighted by atomic mass is 32.2. The van der Waals surface area contributed by atoms with Crippen molar-refractivity contribution in [3.8, 4) is 5.75 Å². The molecule has 0 unspecified atom stereocenters. The summed E-state index contributed by atoms with van der Waals surface area (Å²) in [6.45, 7) is 0. The van der Waals surface area contributed by atoms with Crippen molar-refractivity contribution in [3.63, 3.8) is 0 Å². The second-order valence-corrected chi connectivity index (χ2v) is 3.51. The van der Waals surface area contributed by atoms with Gasteiger partial charge in [0.25, 0.3) is 0 Å². The van der Waals surface area contributed by atoms with Gasteiger partial charge in [-0.15, -0.1) is 0 Å². The fourth-order valence-electron chi connectivity index (χ4n) is 0.780. The molecule has 0 saturated carbocycles. The average Bonchev–Trinajstić information content (AvgIpc) is 2.05. The van der Waals surface area contributed by atoms with Gasteiger partial charge in [-0.2, -0.15) is 0 Å². The molecule has 0 aliphatic carbocycles. The first-order valence-electron chi connectivity index (χ1n) is 3.21. The minimum absolute atomic E-state index is 0.748. The Bertz CT molecular complexity index is 271. The lowest BCUT2D eigenvalue weighted by Gasteiger charge is -2.00. The van der Waals surface area contributed by atoms with Crippen LogP contribution in [0.25, 0.3) is 0 Å². The topological polar surface area (TPSA) is 26.3 Å². The van der Waals surface area contributed by atoms with Crippen molar-refractivity contribution in [1.29, 1.82) is 0 Å². The zero-order chi connectivity index (χ0) is 8.27. The molecular formula is C8H10O2S. The Morgan fingerprint density at radius 3 is 2.73 bits per heavy atom. The predicted molar refractivity (Wildman–Crippen MR) is 45.3 cm³/mol. The van der Waals surface area contributed by atoms with Crippen molar-refractivity contribution in [3.05, 3.63) is 24.3 Å². The molecule has 1 rings (SSSR count). The summed E-state index contributed by atoms with van der Waals surface area (Å²) in [4.78, 5) is 0.796. The molecule has 1 aromatic carbocycles. The number of methoxy groups -OCH3 is 1. The molecule has 0 aliphatic heterocycles. The van der Waals surface area contributed by atoms with E-state index < -0.39 is 10.8 Å². The third kappa shape index (κ3) is 2.05. The molecule has 0 aliphatic rings. The van der Waals surface area contributed by atoms with Crippen molar-refractivity contribution in [2.45, 2.75) is 4.90 Å². The van der Waals surface area contributed by atoms with Gasteiger partial charge in [-0.1, -0.05) is 6.07 Å². The van der Waals surface area contributed by atoms with Crippen LogP contribution in [0.3, 0.4) is 0 Å². The van der Waals surface area contributed by atoms with Crippen LogP contribution in [-0.4, -0.2) is 17.6 Å². The van der Waals surface area contributed by atoms with E-state index in [1.54, 1.807) is 19.4 Å². The Hall–Kier alpha value is -0.830. The van der Waals surface area contributed by atoms with E-state index in [1.165, 1.54) is 0 Å². The van der Waals surface area contributed by atoms with Crippen LogP contribution < -0.4 is 4.74 Å². The first-order valence-corrected chi connectivity index (χ1v) is 4.77. The van der Waals surface area contributed by atoms with E-state index in [-0.39, 0.29) is 0 Å². The van der Waals surface area contributed by atoms with Gasteiger partial charge in [0.2, 0.25) is 0 Å². The van der Waals surface area contributed by atoms with Crippen LogP contribution in [-0.2, 0) is 10.8 Å². The molecule has 1 atom stereocenters. The van der Waals surface area contributed by atoms with E-state index in [9.17, 15) is 4.21 Å². The Morgan fingerprint density at radius 2 is 2.18 bits per heavy atom. The van der Waals surface area contributed by atoms with E-state index in [2.05, 4.69) is 0 Å². The molecule has 0 fully saturated rings. The Labute approximate surface area is 68.6 Å². The van der Waals surface area contributed by atoms with Crippen molar-refractivity contribution in [1.82, 2.24) is 0 Å². The van der Waals surface area contributed by atoms with Gasteiger partial charge in [0, 0.05) is 22.0 Å². The van der Waals surface area contributed by atoms with Crippen LogP contribution in [0.5, 0.6) is 5.75 Å². The SMILES string of the molecule is COc1cccc([S@](C)=O)c1. The molecule has 0 amide bonds. The van der Waals surface area contributed by atoms with Crippen molar-refractivity contribution in [2.24, 2.45) is 0 Å².